The molecule has 0 unspecified atom stereocenters. The average Bonchev–Trinajstić information content (AvgIpc) is 2.94. The van der Waals surface area contributed by atoms with Gasteiger partial charge in [-0.15, -0.1) is 0 Å². The lowest BCUT2D eigenvalue weighted by atomic mass is 9.31. The molecule has 8 heteroatoms. The Morgan fingerprint density at radius 1 is 0.791 bits per heavy atom. The number of carboxylic acids is 1. The van der Waals surface area contributed by atoms with Crippen LogP contribution in [-0.2, 0) is 14.3 Å². The third kappa shape index (κ3) is 4.39. The number of carbonyl (C=O) groups is 1. The maximum absolute atomic E-state index is 12.9. The Hall–Kier alpha value is -0.770. The molecule has 0 radical (unpaired) electrons. The van der Waals surface area contributed by atoms with Crippen molar-refractivity contribution in [3.63, 3.8) is 0 Å². The van der Waals surface area contributed by atoms with Crippen LogP contribution in [0.25, 0.3) is 0 Å². The van der Waals surface area contributed by atoms with Gasteiger partial charge in [0.25, 0.3) is 0 Å². The lowest BCUT2D eigenvalue weighted by Crippen LogP contribution is -2.68. The quantitative estimate of drug-likeness (QED) is 0.289. The van der Waals surface area contributed by atoms with Crippen molar-refractivity contribution in [2.45, 2.75) is 143 Å². The fourth-order valence-electron chi connectivity index (χ4n) is 12.7. The largest absolute Gasteiger partial charge is 0.481 e. The molecule has 6 aliphatic rings. The minimum atomic E-state index is -1.35. The van der Waals surface area contributed by atoms with Crippen LogP contribution >= 0.6 is 0 Å². The van der Waals surface area contributed by atoms with Crippen LogP contribution in [0.15, 0.2) is 0 Å². The number of rotatable bonds is 4. The van der Waals surface area contributed by atoms with Crippen LogP contribution in [0.1, 0.15) is 112 Å². The first-order chi connectivity index (χ1) is 20.0. The standard InChI is InChI=1S/C35H58O8/c1-30(2)13-15-35(29(40)41)16-14-33(5)20(21(35)17-30)7-8-24-31(3)11-10-25(43-28-27(39)26(38)22(37)18-42-28)32(4,19-36)23(31)9-12-34(24,33)6/h20-28,36-39H,7-19H2,1-6H3,(H,40,41)/t20-,21-,22+,23-,24-,25+,26+,27-,28+,31+,32+,33-,34-,35+/m1/s1. The summed E-state index contributed by atoms with van der Waals surface area (Å²) in [5.41, 5.74) is -0.804. The zero-order chi connectivity index (χ0) is 31.4. The summed E-state index contributed by atoms with van der Waals surface area (Å²) in [6.07, 6.45) is 5.21. The second-order valence-electron chi connectivity index (χ2n) is 17.7. The van der Waals surface area contributed by atoms with Crippen molar-refractivity contribution in [2.75, 3.05) is 13.2 Å². The maximum Gasteiger partial charge on any atom is 0.309 e. The highest BCUT2D eigenvalue weighted by Crippen LogP contribution is 2.77. The predicted molar refractivity (Wildman–Crippen MR) is 161 cm³/mol. The van der Waals surface area contributed by atoms with Crippen LogP contribution in [0.4, 0.5) is 0 Å². The summed E-state index contributed by atoms with van der Waals surface area (Å²) in [7, 11) is 0. The smallest absolute Gasteiger partial charge is 0.309 e. The van der Waals surface area contributed by atoms with Gasteiger partial charge >= 0.3 is 5.97 Å². The minimum absolute atomic E-state index is 0.00671. The molecule has 5 saturated carbocycles. The highest BCUT2D eigenvalue weighted by atomic mass is 16.7. The van der Waals surface area contributed by atoms with E-state index in [0.29, 0.717) is 11.8 Å². The van der Waals surface area contributed by atoms with E-state index >= 15 is 0 Å². The molecule has 0 aromatic rings. The van der Waals surface area contributed by atoms with E-state index in [2.05, 4.69) is 41.5 Å². The van der Waals surface area contributed by atoms with Gasteiger partial charge in [0.1, 0.15) is 18.3 Å². The van der Waals surface area contributed by atoms with Crippen molar-refractivity contribution >= 4 is 5.97 Å². The van der Waals surface area contributed by atoms with Gasteiger partial charge < -0.3 is 35.0 Å². The van der Waals surface area contributed by atoms with Gasteiger partial charge in [0.05, 0.1) is 24.7 Å². The summed E-state index contributed by atoms with van der Waals surface area (Å²) in [5, 5.41) is 52.4. The average molecular weight is 607 g/mol. The van der Waals surface area contributed by atoms with E-state index in [1.54, 1.807) is 0 Å². The zero-order valence-corrected chi connectivity index (χ0v) is 27.3. The monoisotopic (exact) mass is 606 g/mol. The Morgan fingerprint density at radius 3 is 2.16 bits per heavy atom. The number of aliphatic hydroxyl groups excluding tert-OH is 4. The lowest BCUT2D eigenvalue weighted by Gasteiger charge is -2.73. The van der Waals surface area contributed by atoms with E-state index in [9.17, 15) is 30.3 Å². The number of hydrogen-bond donors (Lipinski definition) is 5. The SMILES string of the molecule is CC1(C)CC[C@]2(C(=O)O)CC[C@]3(C)[C@H](CC[C@@H]4[C@@]5(C)CC[C@H](O[C@@H]6OC[C@H](O)[C@H](O)[C@H]6O)[C@@](C)(CO)[C@@H]5CC[C@]43C)[C@H]2C1. The molecule has 5 aliphatic carbocycles. The molecular weight excluding hydrogens is 548 g/mol. The number of fused-ring (bicyclic) bond motifs is 7. The summed E-state index contributed by atoms with van der Waals surface area (Å²) in [5.74, 6) is 0.749. The zero-order valence-electron chi connectivity index (χ0n) is 27.3. The van der Waals surface area contributed by atoms with Crippen LogP contribution in [0, 0.1) is 56.2 Å². The Labute approximate surface area is 257 Å². The van der Waals surface area contributed by atoms with Gasteiger partial charge in [-0.25, -0.2) is 0 Å². The Bertz CT molecular complexity index is 1100. The topological polar surface area (TPSA) is 137 Å². The van der Waals surface area contributed by atoms with E-state index in [0.717, 1.165) is 70.6 Å². The molecule has 246 valence electrons. The summed E-state index contributed by atoms with van der Waals surface area (Å²) in [6.45, 7) is 14.2. The molecular formula is C35H58O8. The third-order valence-corrected chi connectivity index (χ3v) is 15.5. The molecule has 0 aromatic carbocycles. The number of aliphatic carboxylic acids is 1. The van der Waals surface area contributed by atoms with E-state index in [4.69, 9.17) is 9.47 Å². The van der Waals surface area contributed by atoms with E-state index in [-0.39, 0.29) is 52.8 Å². The molecule has 6 fully saturated rings. The van der Waals surface area contributed by atoms with Crippen molar-refractivity contribution in [2.24, 2.45) is 56.2 Å². The molecule has 1 heterocycles. The van der Waals surface area contributed by atoms with Gasteiger partial charge in [-0.05, 0) is 116 Å². The van der Waals surface area contributed by atoms with Crippen LogP contribution in [-0.4, -0.2) is 75.4 Å². The lowest BCUT2D eigenvalue weighted by molar-refractivity contribution is -0.316. The molecule has 14 atom stereocenters. The van der Waals surface area contributed by atoms with Crippen molar-refractivity contribution < 1.29 is 39.8 Å². The number of carboxylic acid groups (broad SMARTS) is 1. The molecule has 1 aliphatic heterocycles. The van der Waals surface area contributed by atoms with E-state index < -0.39 is 41.4 Å². The Kier molecular flexibility index (Phi) is 7.76. The van der Waals surface area contributed by atoms with Crippen LogP contribution in [0.3, 0.4) is 0 Å². The molecule has 0 bridgehead atoms. The molecule has 1 saturated heterocycles. The molecule has 43 heavy (non-hydrogen) atoms. The van der Waals surface area contributed by atoms with Gasteiger partial charge in [-0.3, -0.25) is 4.79 Å². The number of ether oxygens (including phenoxy) is 2. The van der Waals surface area contributed by atoms with Gasteiger partial charge in [0.2, 0.25) is 0 Å². The van der Waals surface area contributed by atoms with Crippen LogP contribution in [0.2, 0.25) is 0 Å². The third-order valence-electron chi connectivity index (χ3n) is 15.5. The van der Waals surface area contributed by atoms with Crippen molar-refractivity contribution in [3.8, 4) is 0 Å². The highest BCUT2D eigenvalue weighted by Gasteiger charge is 2.71. The molecule has 0 amide bonds. The van der Waals surface area contributed by atoms with Gasteiger partial charge in [-0.2, -0.15) is 0 Å². The molecule has 5 N–H and O–H groups in total. The first-order valence-electron chi connectivity index (χ1n) is 17.1. The maximum atomic E-state index is 12.9. The molecule has 0 spiro atoms. The fourth-order valence-corrected chi connectivity index (χ4v) is 12.7. The van der Waals surface area contributed by atoms with Crippen molar-refractivity contribution in [1.82, 2.24) is 0 Å². The van der Waals surface area contributed by atoms with E-state index in [1.165, 1.54) is 0 Å². The number of hydrogen-bond acceptors (Lipinski definition) is 7. The minimum Gasteiger partial charge on any atom is -0.481 e. The summed E-state index contributed by atoms with van der Waals surface area (Å²) < 4.78 is 12.0. The normalized spacial score (nSPS) is 56.2. The Morgan fingerprint density at radius 2 is 1.49 bits per heavy atom. The van der Waals surface area contributed by atoms with Crippen molar-refractivity contribution in [3.05, 3.63) is 0 Å². The number of aliphatic hydroxyl groups is 4. The van der Waals surface area contributed by atoms with Gasteiger partial charge in [-0.1, -0.05) is 41.5 Å². The second kappa shape index (κ2) is 10.4. The van der Waals surface area contributed by atoms with E-state index in [1.807, 2.05) is 0 Å². The fraction of sp³-hybridized carbons (Fsp3) is 0.971. The summed E-state index contributed by atoms with van der Waals surface area (Å²) in [6, 6.07) is 0. The Balaban J connectivity index is 1.29. The first kappa shape index (κ1) is 32.2. The predicted octanol–water partition coefficient (Wildman–Crippen LogP) is 4.75. The first-order valence-corrected chi connectivity index (χ1v) is 17.1. The molecule has 0 aromatic heterocycles. The molecule has 6 rings (SSSR count). The summed E-state index contributed by atoms with van der Waals surface area (Å²) in [4.78, 5) is 12.9. The van der Waals surface area contributed by atoms with Crippen LogP contribution < -0.4 is 0 Å². The molecule has 8 nitrogen and oxygen atoms in total. The van der Waals surface area contributed by atoms with Crippen molar-refractivity contribution in [1.29, 1.82) is 0 Å². The van der Waals surface area contributed by atoms with Crippen LogP contribution in [0.5, 0.6) is 0 Å². The summed E-state index contributed by atoms with van der Waals surface area (Å²) >= 11 is 0. The van der Waals surface area contributed by atoms with Gasteiger partial charge in [0, 0.05) is 5.41 Å². The highest BCUT2D eigenvalue weighted by molar-refractivity contribution is 5.75. The van der Waals surface area contributed by atoms with Gasteiger partial charge in [0.15, 0.2) is 6.29 Å². The second-order valence-corrected chi connectivity index (χ2v) is 17.7.